The van der Waals surface area contributed by atoms with Gasteiger partial charge in [-0.15, -0.1) is 0 Å². The number of aliphatic hydroxyl groups is 1. The van der Waals surface area contributed by atoms with Crippen LogP contribution in [0.2, 0.25) is 0 Å². The summed E-state index contributed by atoms with van der Waals surface area (Å²) in [5.74, 6) is 0.601. The van der Waals surface area contributed by atoms with Crippen molar-refractivity contribution in [3.05, 3.63) is 41.7 Å². The standard InChI is InChI=1S/C18H28O2/c1-16(2,3)18(19,17(4,5)6)15(20-7)13-14-11-9-8-10-12-14/h8-13,19H,1-7H3/b15-13+. The Morgan fingerprint density at radius 1 is 0.950 bits per heavy atom. The lowest BCUT2D eigenvalue weighted by Crippen LogP contribution is -2.54. The quantitative estimate of drug-likeness (QED) is 0.824. The summed E-state index contributed by atoms with van der Waals surface area (Å²) in [4.78, 5) is 0. The smallest absolute Gasteiger partial charge is 0.131 e. The normalized spacial score (nSPS) is 14.3. The number of hydrogen-bond acceptors (Lipinski definition) is 2. The highest BCUT2D eigenvalue weighted by Crippen LogP contribution is 2.49. The Hall–Kier alpha value is -1.28. The molecule has 0 aliphatic heterocycles. The lowest BCUT2D eigenvalue weighted by atomic mass is 9.61. The van der Waals surface area contributed by atoms with Crippen LogP contribution in [-0.2, 0) is 4.74 Å². The second kappa shape index (κ2) is 5.61. The van der Waals surface area contributed by atoms with Gasteiger partial charge in [-0.25, -0.2) is 0 Å². The Balaban J connectivity index is 3.42. The van der Waals surface area contributed by atoms with E-state index < -0.39 is 5.60 Å². The molecule has 0 spiro atoms. The van der Waals surface area contributed by atoms with Gasteiger partial charge in [0, 0.05) is 0 Å². The van der Waals surface area contributed by atoms with Crippen LogP contribution in [0.25, 0.3) is 6.08 Å². The van der Waals surface area contributed by atoms with Crippen molar-refractivity contribution in [2.45, 2.75) is 47.1 Å². The first-order chi connectivity index (χ1) is 9.04. The summed E-state index contributed by atoms with van der Waals surface area (Å²) < 4.78 is 5.58. The van der Waals surface area contributed by atoms with Gasteiger partial charge in [-0.1, -0.05) is 71.9 Å². The maximum atomic E-state index is 11.4. The molecule has 1 aromatic rings. The predicted octanol–water partition coefficient (Wildman–Crippen LogP) is 4.50. The van der Waals surface area contributed by atoms with Gasteiger partial charge in [-0.3, -0.25) is 0 Å². The molecule has 0 heterocycles. The Bertz CT molecular complexity index is 444. The molecule has 0 aromatic heterocycles. The van der Waals surface area contributed by atoms with E-state index in [1.165, 1.54) is 0 Å². The van der Waals surface area contributed by atoms with E-state index in [4.69, 9.17) is 4.74 Å². The van der Waals surface area contributed by atoms with E-state index in [0.717, 1.165) is 5.56 Å². The fraction of sp³-hybridized carbons (Fsp3) is 0.556. The van der Waals surface area contributed by atoms with E-state index in [1.54, 1.807) is 7.11 Å². The Morgan fingerprint density at radius 2 is 1.40 bits per heavy atom. The second-order valence-electron chi connectivity index (χ2n) is 7.33. The van der Waals surface area contributed by atoms with Gasteiger partial charge in [0.05, 0.1) is 7.11 Å². The molecule has 1 aromatic carbocycles. The van der Waals surface area contributed by atoms with Gasteiger partial charge >= 0.3 is 0 Å². The molecule has 0 saturated carbocycles. The first kappa shape index (κ1) is 16.8. The molecule has 2 nitrogen and oxygen atoms in total. The van der Waals surface area contributed by atoms with Gasteiger partial charge in [-0.05, 0) is 22.5 Å². The van der Waals surface area contributed by atoms with E-state index in [1.807, 2.05) is 78.0 Å². The third-order valence-electron chi connectivity index (χ3n) is 3.84. The third kappa shape index (κ3) is 3.06. The number of rotatable bonds is 3. The zero-order valence-corrected chi connectivity index (χ0v) is 13.8. The fourth-order valence-electron chi connectivity index (χ4n) is 2.88. The van der Waals surface area contributed by atoms with Crippen molar-refractivity contribution in [1.29, 1.82) is 0 Å². The molecule has 1 rings (SSSR count). The lowest BCUT2D eigenvalue weighted by Gasteiger charge is -2.49. The molecule has 0 amide bonds. The van der Waals surface area contributed by atoms with E-state index in [-0.39, 0.29) is 10.8 Å². The van der Waals surface area contributed by atoms with Gasteiger partial charge in [0.2, 0.25) is 0 Å². The van der Waals surface area contributed by atoms with Crippen LogP contribution in [0.1, 0.15) is 47.1 Å². The highest BCUT2D eigenvalue weighted by molar-refractivity contribution is 5.54. The maximum absolute atomic E-state index is 11.4. The zero-order valence-electron chi connectivity index (χ0n) is 13.8. The van der Waals surface area contributed by atoms with Crippen LogP contribution < -0.4 is 0 Å². The van der Waals surface area contributed by atoms with Gasteiger partial charge in [0.15, 0.2) is 0 Å². The monoisotopic (exact) mass is 276 g/mol. The molecular weight excluding hydrogens is 248 g/mol. The Labute approximate surface area is 123 Å². The largest absolute Gasteiger partial charge is 0.498 e. The highest BCUT2D eigenvalue weighted by atomic mass is 16.5. The molecule has 0 radical (unpaired) electrons. The van der Waals surface area contributed by atoms with Crippen molar-refractivity contribution in [3.63, 3.8) is 0 Å². The van der Waals surface area contributed by atoms with Gasteiger partial charge in [-0.2, -0.15) is 0 Å². The van der Waals surface area contributed by atoms with Gasteiger partial charge in [0.25, 0.3) is 0 Å². The summed E-state index contributed by atoms with van der Waals surface area (Å²) in [6.45, 7) is 12.2. The number of ether oxygens (including phenoxy) is 1. The van der Waals surface area contributed by atoms with E-state index in [0.29, 0.717) is 5.76 Å². The summed E-state index contributed by atoms with van der Waals surface area (Å²) in [6.07, 6.45) is 1.93. The average molecular weight is 276 g/mol. The van der Waals surface area contributed by atoms with Crippen molar-refractivity contribution >= 4 is 6.08 Å². The summed E-state index contributed by atoms with van der Waals surface area (Å²) in [7, 11) is 1.62. The zero-order chi connectivity index (χ0) is 15.6. The third-order valence-corrected chi connectivity index (χ3v) is 3.84. The van der Waals surface area contributed by atoms with Crippen LogP contribution in [-0.4, -0.2) is 17.8 Å². The summed E-state index contributed by atoms with van der Waals surface area (Å²) >= 11 is 0. The minimum Gasteiger partial charge on any atom is -0.498 e. The van der Waals surface area contributed by atoms with E-state index in [2.05, 4.69) is 0 Å². The molecule has 2 heteroatoms. The average Bonchev–Trinajstić information content (AvgIpc) is 2.33. The molecule has 1 N–H and O–H groups in total. The molecule has 20 heavy (non-hydrogen) atoms. The van der Waals surface area contributed by atoms with Gasteiger partial charge < -0.3 is 9.84 Å². The Morgan fingerprint density at radius 3 is 1.75 bits per heavy atom. The maximum Gasteiger partial charge on any atom is 0.131 e. The van der Waals surface area contributed by atoms with Crippen molar-refractivity contribution in [3.8, 4) is 0 Å². The molecule has 0 bridgehead atoms. The molecule has 0 atom stereocenters. The fourth-order valence-corrected chi connectivity index (χ4v) is 2.88. The summed E-state index contributed by atoms with van der Waals surface area (Å²) in [5.41, 5.74) is -0.731. The SMILES string of the molecule is CO/C(=C/c1ccccc1)C(O)(C(C)(C)C)C(C)(C)C. The number of benzene rings is 1. The van der Waals surface area contributed by atoms with Crippen molar-refractivity contribution in [2.75, 3.05) is 7.11 Å². The molecule has 112 valence electrons. The summed E-state index contributed by atoms with van der Waals surface area (Å²) in [6, 6.07) is 9.94. The molecule has 0 saturated heterocycles. The number of methoxy groups -OCH3 is 1. The predicted molar refractivity (Wildman–Crippen MR) is 85.3 cm³/mol. The van der Waals surface area contributed by atoms with Gasteiger partial charge in [0.1, 0.15) is 11.4 Å². The van der Waals surface area contributed by atoms with Crippen LogP contribution >= 0.6 is 0 Å². The van der Waals surface area contributed by atoms with Crippen LogP contribution in [0.4, 0.5) is 0 Å². The van der Waals surface area contributed by atoms with Crippen molar-refractivity contribution in [2.24, 2.45) is 10.8 Å². The van der Waals surface area contributed by atoms with Crippen LogP contribution in [0, 0.1) is 10.8 Å². The topological polar surface area (TPSA) is 29.5 Å². The minimum atomic E-state index is -1.06. The van der Waals surface area contributed by atoms with Crippen LogP contribution in [0.15, 0.2) is 36.1 Å². The minimum absolute atomic E-state index is 0.345. The molecule has 0 fully saturated rings. The number of hydrogen-bond donors (Lipinski definition) is 1. The molecular formula is C18H28O2. The summed E-state index contributed by atoms with van der Waals surface area (Å²) in [5, 5.41) is 11.4. The molecule has 0 aliphatic rings. The van der Waals surface area contributed by atoms with Crippen LogP contribution in [0.3, 0.4) is 0 Å². The first-order valence-corrected chi connectivity index (χ1v) is 7.07. The first-order valence-electron chi connectivity index (χ1n) is 7.07. The van der Waals surface area contributed by atoms with Crippen molar-refractivity contribution in [1.82, 2.24) is 0 Å². The van der Waals surface area contributed by atoms with Crippen LogP contribution in [0.5, 0.6) is 0 Å². The molecule has 0 unspecified atom stereocenters. The molecule has 0 aliphatic carbocycles. The van der Waals surface area contributed by atoms with E-state index in [9.17, 15) is 5.11 Å². The lowest BCUT2D eigenvalue weighted by molar-refractivity contribution is -0.132. The second-order valence-corrected chi connectivity index (χ2v) is 7.33. The van der Waals surface area contributed by atoms with E-state index >= 15 is 0 Å². The van der Waals surface area contributed by atoms with Crippen molar-refractivity contribution < 1.29 is 9.84 Å². The Kier molecular flexibility index (Phi) is 4.70. The highest BCUT2D eigenvalue weighted by Gasteiger charge is 2.53.